The summed E-state index contributed by atoms with van der Waals surface area (Å²) in [4.78, 5) is 34.0. The fourth-order valence-corrected chi connectivity index (χ4v) is 4.44. The van der Waals surface area contributed by atoms with Gasteiger partial charge in [0.05, 0.1) is 10.4 Å². The monoisotopic (exact) mass is 437 g/mol. The number of H-pyrrole nitrogens is 1. The van der Waals surface area contributed by atoms with Gasteiger partial charge in [0.25, 0.3) is 11.5 Å². The lowest BCUT2D eigenvalue weighted by atomic mass is 10.2. The van der Waals surface area contributed by atoms with Crippen LogP contribution in [0.3, 0.4) is 0 Å². The maximum atomic E-state index is 13.1. The SMILES string of the molecule is CCSc1ccccc1C(=O)Nc1cc(-c2cccs2)nn1-c1nc(C)cc(=O)[nH]1. The highest BCUT2D eigenvalue weighted by Crippen LogP contribution is 2.28. The molecule has 9 heteroatoms. The molecule has 0 aliphatic carbocycles. The molecule has 0 aliphatic heterocycles. The van der Waals surface area contributed by atoms with Crippen LogP contribution < -0.4 is 10.9 Å². The Morgan fingerprint density at radius 2 is 2.07 bits per heavy atom. The molecule has 1 aromatic carbocycles. The zero-order valence-electron chi connectivity index (χ0n) is 16.4. The van der Waals surface area contributed by atoms with Crippen molar-refractivity contribution in [1.29, 1.82) is 0 Å². The smallest absolute Gasteiger partial charge is 0.257 e. The number of thiophene rings is 1. The molecule has 0 radical (unpaired) electrons. The van der Waals surface area contributed by atoms with Crippen LogP contribution in [-0.2, 0) is 0 Å². The van der Waals surface area contributed by atoms with Crippen LogP contribution in [-0.4, -0.2) is 31.4 Å². The van der Waals surface area contributed by atoms with Crippen molar-refractivity contribution < 1.29 is 4.79 Å². The van der Waals surface area contributed by atoms with Gasteiger partial charge in [-0.25, -0.2) is 4.98 Å². The minimum Gasteiger partial charge on any atom is -0.306 e. The molecule has 3 heterocycles. The van der Waals surface area contributed by atoms with Gasteiger partial charge in [-0.15, -0.1) is 23.1 Å². The summed E-state index contributed by atoms with van der Waals surface area (Å²) in [6.07, 6.45) is 0. The van der Waals surface area contributed by atoms with Crippen LogP contribution in [0.15, 0.2) is 63.6 Å². The molecule has 152 valence electrons. The average Bonchev–Trinajstić information content (AvgIpc) is 3.38. The molecular weight excluding hydrogens is 418 g/mol. The first-order valence-corrected chi connectivity index (χ1v) is 11.2. The van der Waals surface area contributed by atoms with Gasteiger partial charge in [0.15, 0.2) is 0 Å². The highest BCUT2D eigenvalue weighted by atomic mass is 32.2. The fourth-order valence-electron chi connectivity index (χ4n) is 2.96. The number of carbonyl (C=O) groups excluding carboxylic acids is 1. The van der Waals surface area contributed by atoms with E-state index >= 15 is 0 Å². The van der Waals surface area contributed by atoms with Gasteiger partial charge in [-0.05, 0) is 36.3 Å². The second-order valence-corrected chi connectivity index (χ2v) is 8.65. The number of nitrogens with one attached hydrogen (secondary N) is 2. The lowest BCUT2D eigenvalue weighted by molar-refractivity contribution is 0.102. The summed E-state index contributed by atoms with van der Waals surface area (Å²) in [5.74, 6) is 1.28. The molecular formula is C21H19N5O2S2. The number of anilines is 1. The molecule has 0 fully saturated rings. The molecule has 0 atom stereocenters. The highest BCUT2D eigenvalue weighted by Gasteiger charge is 2.18. The van der Waals surface area contributed by atoms with Gasteiger partial charge in [-0.3, -0.25) is 14.6 Å². The Morgan fingerprint density at radius 1 is 1.23 bits per heavy atom. The molecule has 0 bridgehead atoms. The molecule has 0 spiro atoms. The summed E-state index contributed by atoms with van der Waals surface area (Å²) >= 11 is 3.15. The Labute approximate surface area is 181 Å². The number of thioether (sulfide) groups is 1. The van der Waals surface area contributed by atoms with Gasteiger partial charge < -0.3 is 5.32 Å². The van der Waals surface area contributed by atoms with Gasteiger partial charge in [-0.1, -0.05) is 25.1 Å². The predicted molar refractivity (Wildman–Crippen MR) is 121 cm³/mol. The number of benzene rings is 1. The highest BCUT2D eigenvalue weighted by molar-refractivity contribution is 7.99. The number of rotatable bonds is 6. The maximum Gasteiger partial charge on any atom is 0.257 e. The Balaban J connectivity index is 1.77. The van der Waals surface area contributed by atoms with Crippen molar-refractivity contribution in [3.05, 3.63) is 75.5 Å². The molecule has 0 aliphatic rings. The molecule has 0 saturated carbocycles. The van der Waals surface area contributed by atoms with Crippen molar-refractivity contribution in [2.24, 2.45) is 0 Å². The Morgan fingerprint density at radius 3 is 2.80 bits per heavy atom. The number of hydrogen-bond acceptors (Lipinski definition) is 6. The summed E-state index contributed by atoms with van der Waals surface area (Å²) in [6, 6.07) is 14.5. The van der Waals surface area contributed by atoms with Crippen molar-refractivity contribution in [3.8, 4) is 16.5 Å². The third kappa shape index (κ3) is 4.22. The zero-order chi connectivity index (χ0) is 21.1. The van der Waals surface area contributed by atoms with E-state index in [1.54, 1.807) is 30.8 Å². The largest absolute Gasteiger partial charge is 0.306 e. The van der Waals surface area contributed by atoms with Crippen LogP contribution in [0.1, 0.15) is 23.0 Å². The predicted octanol–water partition coefficient (Wildman–Crippen LogP) is 4.36. The van der Waals surface area contributed by atoms with E-state index in [0.717, 1.165) is 15.5 Å². The summed E-state index contributed by atoms with van der Waals surface area (Å²) in [5, 5.41) is 9.48. The summed E-state index contributed by atoms with van der Waals surface area (Å²) in [5.41, 5.74) is 1.54. The van der Waals surface area contributed by atoms with Crippen LogP contribution >= 0.6 is 23.1 Å². The normalized spacial score (nSPS) is 10.9. The summed E-state index contributed by atoms with van der Waals surface area (Å²) < 4.78 is 1.46. The molecule has 3 aromatic heterocycles. The second kappa shape index (κ2) is 8.68. The van der Waals surface area contributed by atoms with E-state index in [1.807, 2.05) is 42.6 Å². The van der Waals surface area contributed by atoms with E-state index in [2.05, 4.69) is 20.4 Å². The first kappa shape index (κ1) is 20.1. The number of aryl methyl sites for hydroxylation is 1. The summed E-state index contributed by atoms with van der Waals surface area (Å²) in [6.45, 7) is 3.78. The van der Waals surface area contributed by atoms with Crippen molar-refractivity contribution in [2.75, 3.05) is 11.1 Å². The molecule has 1 amide bonds. The topological polar surface area (TPSA) is 92.7 Å². The van der Waals surface area contributed by atoms with Crippen molar-refractivity contribution in [2.45, 2.75) is 18.7 Å². The lowest BCUT2D eigenvalue weighted by Gasteiger charge is -2.10. The number of amides is 1. The van der Waals surface area contributed by atoms with Crippen LogP contribution in [0.2, 0.25) is 0 Å². The van der Waals surface area contributed by atoms with Gasteiger partial charge >= 0.3 is 0 Å². The Kier molecular flexibility index (Phi) is 5.82. The standard InChI is InChI=1S/C21H19N5O2S2/c1-3-29-16-8-5-4-7-14(16)20(28)23-18-12-15(17-9-6-10-30-17)25-26(18)21-22-13(2)11-19(27)24-21/h4-12H,3H2,1-2H3,(H,23,28)(H,22,24,27). The van der Waals surface area contributed by atoms with Crippen LogP contribution in [0.5, 0.6) is 0 Å². The number of aromatic nitrogens is 4. The van der Waals surface area contributed by atoms with Gasteiger partial charge in [0, 0.05) is 22.7 Å². The maximum absolute atomic E-state index is 13.1. The van der Waals surface area contributed by atoms with Crippen LogP contribution in [0.25, 0.3) is 16.5 Å². The second-order valence-electron chi connectivity index (χ2n) is 6.40. The molecule has 0 saturated heterocycles. The van der Waals surface area contributed by atoms with E-state index in [-0.39, 0.29) is 17.4 Å². The first-order valence-electron chi connectivity index (χ1n) is 9.30. The number of hydrogen-bond donors (Lipinski definition) is 2. The van der Waals surface area contributed by atoms with E-state index in [9.17, 15) is 9.59 Å². The van der Waals surface area contributed by atoms with Gasteiger partial charge in [-0.2, -0.15) is 9.78 Å². The molecule has 0 unspecified atom stereocenters. The van der Waals surface area contributed by atoms with Crippen molar-refractivity contribution in [3.63, 3.8) is 0 Å². The van der Waals surface area contributed by atoms with Gasteiger partial charge in [0.2, 0.25) is 5.95 Å². The molecule has 30 heavy (non-hydrogen) atoms. The molecule has 4 rings (SSSR count). The minimum atomic E-state index is -0.285. The third-order valence-electron chi connectivity index (χ3n) is 4.21. The molecule has 2 N–H and O–H groups in total. The van der Waals surface area contributed by atoms with Crippen LogP contribution in [0.4, 0.5) is 5.82 Å². The first-order chi connectivity index (χ1) is 14.5. The van der Waals surface area contributed by atoms with Gasteiger partial charge in [0.1, 0.15) is 11.5 Å². The van der Waals surface area contributed by atoms with Crippen LogP contribution in [0, 0.1) is 6.92 Å². The van der Waals surface area contributed by atoms with E-state index in [4.69, 9.17) is 0 Å². The minimum absolute atomic E-state index is 0.245. The Hall–Kier alpha value is -3.17. The number of aromatic amines is 1. The van der Waals surface area contributed by atoms with E-state index < -0.39 is 0 Å². The number of nitrogens with zero attached hydrogens (tertiary/aromatic N) is 3. The molecule has 7 nitrogen and oxygen atoms in total. The van der Waals surface area contributed by atoms with Crippen molar-refractivity contribution >= 4 is 34.8 Å². The average molecular weight is 438 g/mol. The zero-order valence-corrected chi connectivity index (χ0v) is 18.0. The van der Waals surface area contributed by atoms with E-state index in [0.29, 0.717) is 22.8 Å². The fraction of sp³-hybridized carbons (Fsp3) is 0.143. The van der Waals surface area contributed by atoms with Crippen molar-refractivity contribution in [1.82, 2.24) is 19.7 Å². The lowest BCUT2D eigenvalue weighted by Crippen LogP contribution is -2.19. The quantitative estimate of drug-likeness (QED) is 0.437. The number of carbonyl (C=O) groups is 1. The Bertz CT molecular complexity index is 1240. The molecule has 4 aromatic rings. The third-order valence-corrected chi connectivity index (χ3v) is 6.06. The summed E-state index contributed by atoms with van der Waals surface area (Å²) in [7, 11) is 0. The van der Waals surface area contributed by atoms with E-state index in [1.165, 1.54) is 22.1 Å².